The molecule has 2 heterocycles. The Kier molecular flexibility index (Phi) is 4.54. The van der Waals surface area contributed by atoms with E-state index in [1.807, 2.05) is 13.8 Å². The van der Waals surface area contributed by atoms with Gasteiger partial charge in [-0.3, -0.25) is 4.79 Å². The summed E-state index contributed by atoms with van der Waals surface area (Å²) in [5.74, 6) is 0.872. The normalized spacial score (nSPS) is 16.1. The number of thiophene rings is 1. The molecule has 1 aliphatic rings. The van der Waals surface area contributed by atoms with E-state index in [-0.39, 0.29) is 17.1 Å². The van der Waals surface area contributed by atoms with Gasteiger partial charge in [-0.25, -0.2) is 0 Å². The van der Waals surface area contributed by atoms with Gasteiger partial charge in [0.15, 0.2) is 5.16 Å². The van der Waals surface area contributed by atoms with Crippen LogP contribution in [0.15, 0.2) is 22.7 Å². The Bertz CT molecular complexity index is 647. The second-order valence-corrected chi connectivity index (χ2v) is 8.08. The fourth-order valence-electron chi connectivity index (χ4n) is 2.41. The van der Waals surface area contributed by atoms with Crippen molar-refractivity contribution in [3.8, 4) is 0 Å². The monoisotopic (exact) mass is 336 g/mol. The van der Waals surface area contributed by atoms with Gasteiger partial charge in [-0.2, -0.15) is 0 Å². The van der Waals surface area contributed by atoms with E-state index in [4.69, 9.17) is 5.73 Å². The van der Waals surface area contributed by atoms with Crippen molar-refractivity contribution in [2.75, 3.05) is 0 Å². The molecule has 5 nitrogen and oxygen atoms in total. The van der Waals surface area contributed by atoms with E-state index in [0.717, 1.165) is 30.2 Å². The standard InChI is InChI=1S/C15H20N4OS2/c1-9(2)13(14(16)20)22-15-18-17-12(19(15)10-5-6-10)8-11-4-3-7-21-11/h3-4,7,9-10,13H,5-6,8H2,1-2H3,(H2,16,20)/t13-/m1/s1. The number of rotatable bonds is 7. The number of carbonyl (C=O) groups excluding carboxylic acids is 1. The van der Waals surface area contributed by atoms with Crippen LogP contribution >= 0.6 is 23.1 Å². The first-order chi connectivity index (χ1) is 10.6. The van der Waals surface area contributed by atoms with Crippen LogP contribution in [-0.4, -0.2) is 25.9 Å². The average molecular weight is 336 g/mol. The number of nitrogens with two attached hydrogens (primary N) is 1. The van der Waals surface area contributed by atoms with Gasteiger partial charge in [0.1, 0.15) is 5.82 Å². The summed E-state index contributed by atoms with van der Waals surface area (Å²) >= 11 is 3.18. The number of hydrogen-bond acceptors (Lipinski definition) is 5. The molecule has 0 radical (unpaired) electrons. The molecule has 3 rings (SSSR count). The number of thioether (sulfide) groups is 1. The van der Waals surface area contributed by atoms with Crippen molar-refractivity contribution < 1.29 is 4.79 Å². The van der Waals surface area contributed by atoms with Crippen molar-refractivity contribution in [3.05, 3.63) is 28.2 Å². The van der Waals surface area contributed by atoms with Crippen molar-refractivity contribution in [1.29, 1.82) is 0 Å². The molecule has 7 heteroatoms. The van der Waals surface area contributed by atoms with E-state index in [9.17, 15) is 4.79 Å². The maximum absolute atomic E-state index is 11.7. The predicted octanol–water partition coefficient (Wildman–Crippen LogP) is 2.87. The molecule has 1 amide bonds. The van der Waals surface area contributed by atoms with Crippen LogP contribution in [0.2, 0.25) is 0 Å². The summed E-state index contributed by atoms with van der Waals surface area (Å²) in [6, 6.07) is 4.65. The van der Waals surface area contributed by atoms with Crippen molar-refractivity contribution >= 4 is 29.0 Å². The molecule has 1 aliphatic carbocycles. The zero-order valence-electron chi connectivity index (χ0n) is 12.7. The first kappa shape index (κ1) is 15.6. The molecular weight excluding hydrogens is 316 g/mol. The molecule has 1 saturated carbocycles. The molecule has 2 aromatic rings. The van der Waals surface area contributed by atoms with E-state index in [1.165, 1.54) is 16.6 Å². The Balaban J connectivity index is 1.85. The van der Waals surface area contributed by atoms with Crippen LogP contribution in [0.3, 0.4) is 0 Å². The molecule has 2 aromatic heterocycles. The van der Waals surface area contributed by atoms with Crippen LogP contribution in [0.1, 0.15) is 43.4 Å². The predicted molar refractivity (Wildman–Crippen MR) is 89.1 cm³/mol. The summed E-state index contributed by atoms with van der Waals surface area (Å²) in [5, 5.41) is 11.3. The number of aromatic nitrogens is 3. The summed E-state index contributed by atoms with van der Waals surface area (Å²) < 4.78 is 2.21. The largest absolute Gasteiger partial charge is 0.369 e. The minimum atomic E-state index is -0.287. The van der Waals surface area contributed by atoms with Gasteiger partial charge in [0.05, 0.1) is 5.25 Å². The molecule has 1 atom stereocenters. The van der Waals surface area contributed by atoms with Gasteiger partial charge >= 0.3 is 0 Å². The van der Waals surface area contributed by atoms with Crippen molar-refractivity contribution in [2.45, 2.75) is 49.6 Å². The third-order valence-electron chi connectivity index (χ3n) is 3.68. The zero-order chi connectivity index (χ0) is 15.7. The van der Waals surface area contributed by atoms with Crippen LogP contribution in [0, 0.1) is 5.92 Å². The highest BCUT2D eigenvalue weighted by Crippen LogP contribution is 2.40. The van der Waals surface area contributed by atoms with Gasteiger partial charge in [0.25, 0.3) is 0 Å². The fraction of sp³-hybridized carbons (Fsp3) is 0.533. The maximum Gasteiger partial charge on any atom is 0.231 e. The lowest BCUT2D eigenvalue weighted by molar-refractivity contribution is -0.118. The quantitative estimate of drug-likeness (QED) is 0.789. The van der Waals surface area contributed by atoms with Gasteiger partial charge in [-0.05, 0) is 30.2 Å². The first-order valence-electron chi connectivity index (χ1n) is 7.48. The molecule has 0 saturated heterocycles. The molecule has 0 unspecified atom stereocenters. The van der Waals surface area contributed by atoms with E-state index in [2.05, 4.69) is 32.3 Å². The smallest absolute Gasteiger partial charge is 0.231 e. The molecule has 0 spiro atoms. The van der Waals surface area contributed by atoms with Crippen molar-refractivity contribution in [1.82, 2.24) is 14.8 Å². The summed E-state index contributed by atoms with van der Waals surface area (Å²) in [4.78, 5) is 12.9. The number of amides is 1. The Hall–Kier alpha value is -1.34. The minimum Gasteiger partial charge on any atom is -0.369 e. The summed E-state index contributed by atoms with van der Waals surface area (Å²) in [6.45, 7) is 4.01. The molecule has 0 aromatic carbocycles. The summed E-state index contributed by atoms with van der Waals surface area (Å²) in [7, 11) is 0. The number of hydrogen-bond donors (Lipinski definition) is 1. The Labute approximate surface area is 138 Å². The second-order valence-electron chi connectivity index (χ2n) is 5.94. The minimum absolute atomic E-state index is 0.174. The SMILES string of the molecule is CC(C)[C@@H](Sc1nnc(Cc2cccs2)n1C1CC1)C(N)=O. The summed E-state index contributed by atoms with van der Waals surface area (Å²) in [5.41, 5.74) is 5.53. The highest BCUT2D eigenvalue weighted by atomic mass is 32.2. The molecule has 2 N–H and O–H groups in total. The molecule has 22 heavy (non-hydrogen) atoms. The van der Waals surface area contributed by atoms with Crippen LogP contribution in [0.4, 0.5) is 0 Å². The second kappa shape index (κ2) is 6.42. The molecule has 118 valence electrons. The third-order valence-corrected chi connectivity index (χ3v) is 6.07. The fourth-order valence-corrected chi connectivity index (χ4v) is 4.19. The lowest BCUT2D eigenvalue weighted by Gasteiger charge is -2.17. The molecule has 0 aliphatic heterocycles. The Morgan fingerprint density at radius 1 is 1.50 bits per heavy atom. The first-order valence-corrected chi connectivity index (χ1v) is 9.24. The number of carbonyl (C=O) groups is 1. The van der Waals surface area contributed by atoms with E-state index >= 15 is 0 Å². The molecule has 1 fully saturated rings. The highest BCUT2D eigenvalue weighted by molar-refractivity contribution is 8.00. The zero-order valence-corrected chi connectivity index (χ0v) is 14.4. The van der Waals surface area contributed by atoms with Gasteiger partial charge in [0.2, 0.25) is 5.91 Å². The molecular formula is C15H20N4OS2. The van der Waals surface area contributed by atoms with Crippen LogP contribution < -0.4 is 5.73 Å². The average Bonchev–Trinajstić information content (AvgIpc) is 3.01. The number of primary amides is 1. The topological polar surface area (TPSA) is 73.8 Å². The highest BCUT2D eigenvalue weighted by Gasteiger charge is 2.32. The summed E-state index contributed by atoms with van der Waals surface area (Å²) in [6.07, 6.45) is 3.11. The third kappa shape index (κ3) is 3.35. The van der Waals surface area contributed by atoms with E-state index < -0.39 is 0 Å². The Morgan fingerprint density at radius 3 is 2.82 bits per heavy atom. The van der Waals surface area contributed by atoms with Crippen LogP contribution in [-0.2, 0) is 11.2 Å². The van der Waals surface area contributed by atoms with Crippen LogP contribution in [0.25, 0.3) is 0 Å². The van der Waals surface area contributed by atoms with E-state index in [0.29, 0.717) is 6.04 Å². The number of nitrogens with zero attached hydrogens (tertiary/aromatic N) is 3. The van der Waals surface area contributed by atoms with Gasteiger partial charge in [-0.15, -0.1) is 21.5 Å². The van der Waals surface area contributed by atoms with Gasteiger partial charge in [-0.1, -0.05) is 31.7 Å². The van der Waals surface area contributed by atoms with Crippen LogP contribution in [0.5, 0.6) is 0 Å². The molecule has 0 bridgehead atoms. The lowest BCUT2D eigenvalue weighted by atomic mass is 10.1. The van der Waals surface area contributed by atoms with Gasteiger partial charge < -0.3 is 10.3 Å². The van der Waals surface area contributed by atoms with Crippen molar-refractivity contribution in [3.63, 3.8) is 0 Å². The maximum atomic E-state index is 11.7. The Morgan fingerprint density at radius 2 is 2.27 bits per heavy atom. The van der Waals surface area contributed by atoms with Gasteiger partial charge in [0, 0.05) is 17.3 Å². The lowest BCUT2D eigenvalue weighted by Crippen LogP contribution is -2.30. The van der Waals surface area contributed by atoms with E-state index in [1.54, 1.807) is 11.3 Å². The van der Waals surface area contributed by atoms with Crippen molar-refractivity contribution in [2.24, 2.45) is 11.7 Å².